The Labute approximate surface area is 167 Å². The van der Waals surface area contributed by atoms with Gasteiger partial charge in [0.2, 0.25) is 0 Å². The maximum atomic E-state index is 13.7. The lowest BCUT2D eigenvalue weighted by Crippen LogP contribution is -2.28. The van der Waals surface area contributed by atoms with Crippen LogP contribution in [0.2, 0.25) is 0 Å². The highest BCUT2D eigenvalue weighted by Crippen LogP contribution is 2.37. The fourth-order valence-electron chi connectivity index (χ4n) is 3.69. The van der Waals surface area contributed by atoms with E-state index in [1.54, 1.807) is 12.2 Å². The van der Waals surface area contributed by atoms with Gasteiger partial charge in [-0.2, -0.15) is 0 Å². The highest BCUT2D eigenvalue weighted by atomic mass is 19.1. The van der Waals surface area contributed by atoms with Crippen molar-refractivity contribution in [2.45, 2.75) is 82.5 Å². The van der Waals surface area contributed by atoms with Crippen LogP contribution < -0.4 is 0 Å². The van der Waals surface area contributed by atoms with Gasteiger partial charge in [-0.15, -0.1) is 0 Å². The summed E-state index contributed by atoms with van der Waals surface area (Å²) in [6.07, 6.45) is 10.0. The smallest absolute Gasteiger partial charge is 0.303 e. The first-order valence-electron chi connectivity index (χ1n) is 10.2. The van der Waals surface area contributed by atoms with E-state index in [-0.39, 0.29) is 31.1 Å². The number of carboxylic acid groups (broad SMARTS) is 1. The molecular formula is C22H35FO5. The molecule has 5 nitrogen and oxygen atoms in total. The lowest BCUT2D eigenvalue weighted by Gasteiger charge is -2.25. The van der Waals surface area contributed by atoms with E-state index in [2.05, 4.69) is 6.58 Å². The molecule has 1 saturated carbocycles. The molecule has 0 aromatic carbocycles. The van der Waals surface area contributed by atoms with Crippen molar-refractivity contribution in [3.63, 3.8) is 0 Å². The third kappa shape index (κ3) is 7.86. The lowest BCUT2D eigenvalue weighted by molar-refractivity contribution is -0.137. The van der Waals surface area contributed by atoms with Gasteiger partial charge in [0.25, 0.3) is 0 Å². The number of carboxylic acids is 1. The third-order valence-electron chi connectivity index (χ3n) is 5.51. The van der Waals surface area contributed by atoms with Crippen LogP contribution in [0.15, 0.2) is 36.7 Å². The van der Waals surface area contributed by atoms with Crippen LogP contribution in [0.25, 0.3) is 0 Å². The second-order valence-electron chi connectivity index (χ2n) is 7.78. The Morgan fingerprint density at radius 3 is 2.54 bits per heavy atom. The standard InChI is InChI=1S/C22H35FO5/c1-3-4-13-22(28,16(2)23)14-9-11-18-17(19(24)15-20(18)25)10-7-5-6-8-12-21(26)27/h5,7,9,11,17-20,24-25,28H,2-4,6,8,10,12-15H2,1H3,(H,26,27)/t17-,18-,19-,20-,22?/m1/s1. The number of unbranched alkanes of at least 4 members (excludes halogenated alkanes) is 2. The van der Waals surface area contributed by atoms with Gasteiger partial charge in [-0.3, -0.25) is 4.79 Å². The summed E-state index contributed by atoms with van der Waals surface area (Å²) in [5, 5.41) is 39.6. The average molecular weight is 399 g/mol. The van der Waals surface area contributed by atoms with Gasteiger partial charge < -0.3 is 20.4 Å². The predicted octanol–water partition coefficient (Wildman–Crippen LogP) is 3.90. The van der Waals surface area contributed by atoms with Gasteiger partial charge in [0.1, 0.15) is 11.4 Å². The van der Waals surface area contributed by atoms with Gasteiger partial charge in [0, 0.05) is 25.2 Å². The van der Waals surface area contributed by atoms with Crippen molar-refractivity contribution in [2.24, 2.45) is 11.8 Å². The first-order valence-corrected chi connectivity index (χ1v) is 10.2. The predicted molar refractivity (Wildman–Crippen MR) is 107 cm³/mol. The summed E-state index contributed by atoms with van der Waals surface area (Å²) < 4.78 is 13.7. The van der Waals surface area contributed by atoms with Crippen molar-refractivity contribution >= 4 is 5.97 Å². The number of allylic oxidation sites excluding steroid dienone is 2. The van der Waals surface area contributed by atoms with Gasteiger partial charge in [-0.1, -0.05) is 50.6 Å². The lowest BCUT2D eigenvalue weighted by atomic mass is 9.87. The summed E-state index contributed by atoms with van der Waals surface area (Å²) in [7, 11) is 0. The number of rotatable bonds is 13. The zero-order valence-electron chi connectivity index (χ0n) is 16.8. The van der Waals surface area contributed by atoms with Crippen molar-refractivity contribution in [3.8, 4) is 0 Å². The minimum atomic E-state index is -1.59. The van der Waals surface area contributed by atoms with Crippen LogP contribution in [0.4, 0.5) is 4.39 Å². The maximum Gasteiger partial charge on any atom is 0.303 e. The van der Waals surface area contributed by atoms with Crippen LogP contribution in [-0.4, -0.2) is 44.2 Å². The summed E-state index contributed by atoms with van der Waals surface area (Å²) in [6.45, 7) is 5.23. The Kier molecular flexibility index (Phi) is 10.6. The Morgan fingerprint density at radius 1 is 1.21 bits per heavy atom. The number of carbonyl (C=O) groups is 1. The number of aliphatic hydroxyl groups excluding tert-OH is 2. The number of hydrogen-bond donors (Lipinski definition) is 4. The molecule has 1 fully saturated rings. The van der Waals surface area contributed by atoms with Gasteiger partial charge in [-0.25, -0.2) is 4.39 Å². The van der Waals surface area contributed by atoms with Crippen molar-refractivity contribution in [3.05, 3.63) is 36.7 Å². The molecule has 0 bridgehead atoms. The molecule has 6 heteroatoms. The molecule has 0 saturated heterocycles. The summed E-state index contributed by atoms with van der Waals surface area (Å²) in [4.78, 5) is 10.5. The molecule has 160 valence electrons. The van der Waals surface area contributed by atoms with Crippen molar-refractivity contribution in [1.82, 2.24) is 0 Å². The van der Waals surface area contributed by atoms with Crippen LogP contribution in [0.5, 0.6) is 0 Å². The number of halogens is 1. The summed E-state index contributed by atoms with van der Waals surface area (Å²) in [5.74, 6) is -2.01. The molecule has 1 aliphatic rings. The Morgan fingerprint density at radius 2 is 1.93 bits per heavy atom. The minimum Gasteiger partial charge on any atom is -0.481 e. The molecule has 1 rings (SSSR count). The Balaban J connectivity index is 2.64. The van der Waals surface area contributed by atoms with E-state index in [4.69, 9.17) is 5.11 Å². The monoisotopic (exact) mass is 398 g/mol. The summed E-state index contributed by atoms with van der Waals surface area (Å²) >= 11 is 0. The summed E-state index contributed by atoms with van der Waals surface area (Å²) in [5.41, 5.74) is -1.59. The first kappa shape index (κ1) is 24.5. The molecular weight excluding hydrogens is 363 g/mol. The molecule has 0 aromatic heterocycles. The molecule has 0 amide bonds. The summed E-state index contributed by atoms with van der Waals surface area (Å²) in [6, 6.07) is 0. The van der Waals surface area contributed by atoms with Crippen molar-refractivity contribution < 1.29 is 29.6 Å². The van der Waals surface area contributed by atoms with Crippen LogP contribution in [0, 0.1) is 11.8 Å². The number of aliphatic carboxylic acids is 1. The average Bonchev–Trinajstić information content (AvgIpc) is 2.89. The van der Waals surface area contributed by atoms with E-state index in [1.807, 2.05) is 19.1 Å². The van der Waals surface area contributed by atoms with Crippen LogP contribution in [-0.2, 0) is 4.79 Å². The van der Waals surface area contributed by atoms with E-state index in [0.717, 1.165) is 6.42 Å². The molecule has 0 aliphatic heterocycles. The van der Waals surface area contributed by atoms with Gasteiger partial charge in [0.15, 0.2) is 0 Å². The minimum absolute atomic E-state index is 0.0827. The van der Waals surface area contributed by atoms with Gasteiger partial charge >= 0.3 is 5.97 Å². The topological polar surface area (TPSA) is 98.0 Å². The first-order chi connectivity index (χ1) is 13.2. The van der Waals surface area contributed by atoms with Crippen LogP contribution >= 0.6 is 0 Å². The molecule has 0 spiro atoms. The largest absolute Gasteiger partial charge is 0.481 e. The fourth-order valence-corrected chi connectivity index (χ4v) is 3.69. The van der Waals surface area contributed by atoms with Gasteiger partial charge in [-0.05, 0) is 31.6 Å². The van der Waals surface area contributed by atoms with E-state index < -0.39 is 29.6 Å². The molecule has 4 N–H and O–H groups in total. The molecule has 28 heavy (non-hydrogen) atoms. The molecule has 0 aromatic rings. The van der Waals surface area contributed by atoms with Crippen molar-refractivity contribution in [1.29, 1.82) is 0 Å². The van der Waals surface area contributed by atoms with E-state index in [0.29, 0.717) is 32.1 Å². The molecule has 1 unspecified atom stereocenters. The number of aliphatic hydroxyl groups is 3. The highest BCUT2D eigenvalue weighted by molar-refractivity contribution is 5.66. The van der Waals surface area contributed by atoms with E-state index in [1.165, 1.54) is 0 Å². The highest BCUT2D eigenvalue weighted by Gasteiger charge is 2.39. The van der Waals surface area contributed by atoms with Crippen LogP contribution in [0.1, 0.15) is 64.7 Å². The SMILES string of the molecule is C=C(F)C(O)(CC=C[C@@H]1[C@@H](CC=CCCCC(=O)O)[C@H](O)C[C@H]1O)CCCC. The third-order valence-corrected chi connectivity index (χ3v) is 5.51. The quantitative estimate of drug-likeness (QED) is 0.279. The van der Waals surface area contributed by atoms with E-state index >= 15 is 0 Å². The Bertz CT molecular complexity index is 559. The molecule has 5 atom stereocenters. The second-order valence-corrected chi connectivity index (χ2v) is 7.78. The number of hydrogen-bond acceptors (Lipinski definition) is 4. The van der Waals surface area contributed by atoms with E-state index in [9.17, 15) is 24.5 Å². The second kappa shape index (κ2) is 12.1. The normalized spacial score (nSPS) is 27.5. The van der Waals surface area contributed by atoms with Gasteiger partial charge in [0.05, 0.1) is 12.2 Å². The molecule has 1 aliphatic carbocycles. The molecule has 0 heterocycles. The van der Waals surface area contributed by atoms with Crippen molar-refractivity contribution in [2.75, 3.05) is 0 Å². The zero-order valence-corrected chi connectivity index (χ0v) is 16.8. The van der Waals surface area contributed by atoms with Crippen LogP contribution in [0.3, 0.4) is 0 Å². The fraction of sp³-hybridized carbons (Fsp3) is 0.682. The molecule has 0 radical (unpaired) electrons. The Hall–Kier alpha value is -1.50. The zero-order chi connectivity index (χ0) is 21.2. The maximum absolute atomic E-state index is 13.7.